The molecule has 3 rings (SSSR count). The molecule has 0 aromatic heterocycles. The Labute approximate surface area is 60.2 Å². The Balaban J connectivity index is 2.31. The third-order valence-electron chi connectivity index (χ3n) is 2.43. The van der Waals surface area contributed by atoms with Gasteiger partial charge in [-0.2, -0.15) is 0 Å². The molecule has 0 fully saturated rings. The molecule has 0 saturated carbocycles. The highest BCUT2D eigenvalue weighted by atomic mass is 14.3. The van der Waals surface area contributed by atoms with Crippen LogP contribution in [0.15, 0.2) is 40.5 Å². The maximum Gasteiger partial charge on any atom is -0.00103 e. The fraction of sp³-hybridized carbons (Fsp3) is 0.200. The van der Waals surface area contributed by atoms with Crippen LogP contribution in [0.2, 0.25) is 0 Å². The molecule has 2 bridgehead atoms. The predicted octanol–water partition coefficient (Wildman–Crippen LogP) is 2.32. The molecule has 0 heterocycles. The smallest absolute Gasteiger partial charge is 0.00103 e. The van der Waals surface area contributed by atoms with Gasteiger partial charge in [0.05, 0.1) is 0 Å². The lowest BCUT2D eigenvalue weighted by atomic mass is 10.1. The average molecular weight is 127 g/mol. The zero-order valence-corrected chi connectivity index (χ0v) is 5.65. The van der Waals surface area contributed by atoms with Crippen LogP contribution >= 0.6 is 0 Å². The van der Waals surface area contributed by atoms with Crippen molar-refractivity contribution in [2.45, 2.75) is 12.8 Å². The van der Waals surface area contributed by atoms with E-state index in [1.54, 1.807) is 5.57 Å². The lowest BCUT2D eigenvalue weighted by Gasteiger charge is -1.97. The van der Waals surface area contributed by atoms with Crippen LogP contribution in [0, 0.1) is 6.08 Å². The van der Waals surface area contributed by atoms with Crippen LogP contribution in [0.5, 0.6) is 0 Å². The van der Waals surface area contributed by atoms with E-state index in [-0.39, 0.29) is 0 Å². The summed E-state index contributed by atoms with van der Waals surface area (Å²) in [5.41, 5.74) is 5.96. The van der Waals surface area contributed by atoms with E-state index in [0.717, 1.165) is 12.8 Å². The normalized spacial score (nSPS) is 25.6. The maximum absolute atomic E-state index is 3.27. The first-order valence-corrected chi connectivity index (χ1v) is 3.67. The Morgan fingerprint density at radius 3 is 3.30 bits per heavy atom. The van der Waals surface area contributed by atoms with E-state index in [0.29, 0.717) is 0 Å². The summed E-state index contributed by atoms with van der Waals surface area (Å²) in [7, 11) is 0. The second kappa shape index (κ2) is 1.34. The topological polar surface area (TPSA) is 0 Å². The van der Waals surface area contributed by atoms with Gasteiger partial charge in [-0.1, -0.05) is 18.2 Å². The molecule has 0 amide bonds. The molecule has 0 unspecified atom stereocenters. The largest absolute Gasteiger partial charge is 0.0795 e. The van der Waals surface area contributed by atoms with Gasteiger partial charge in [0.15, 0.2) is 0 Å². The van der Waals surface area contributed by atoms with Crippen molar-refractivity contribution in [1.29, 1.82) is 0 Å². The van der Waals surface area contributed by atoms with Gasteiger partial charge >= 0.3 is 0 Å². The zero-order chi connectivity index (χ0) is 6.55. The molecule has 0 aliphatic heterocycles. The number of allylic oxidation sites excluding steroid dienone is 8. The van der Waals surface area contributed by atoms with Crippen molar-refractivity contribution in [2.75, 3.05) is 0 Å². The number of hydrogen-bond donors (Lipinski definition) is 0. The fourth-order valence-electron chi connectivity index (χ4n) is 1.93. The van der Waals surface area contributed by atoms with Gasteiger partial charge in [-0.15, -0.1) is 0 Å². The molecule has 0 nitrogen and oxygen atoms in total. The van der Waals surface area contributed by atoms with E-state index in [1.807, 2.05) is 0 Å². The zero-order valence-electron chi connectivity index (χ0n) is 5.65. The molecule has 0 heteroatoms. The molecule has 10 heavy (non-hydrogen) atoms. The molecule has 0 N–H and O–H groups in total. The van der Waals surface area contributed by atoms with E-state index in [4.69, 9.17) is 0 Å². The van der Waals surface area contributed by atoms with E-state index in [2.05, 4.69) is 24.3 Å². The maximum atomic E-state index is 3.27. The quantitative estimate of drug-likeness (QED) is 0.468. The van der Waals surface area contributed by atoms with Crippen molar-refractivity contribution in [3.05, 3.63) is 46.6 Å². The lowest BCUT2D eigenvalue weighted by molar-refractivity contribution is 1.21. The van der Waals surface area contributed by atoms with Crippen molar-refractivity contribution in [2.24, 2.45) is 0 Å². The summed E-state index contributed by atoms with van der Waals surface area (Å²) in [6, 6.07) is 0. The van der Waals surface area contributed by atoms with Crippen LogP contribution in [0.4, 0.5) is 0 Å². The molecule has 3 aliphatic carbocycles. The minimum Gasteiger partial charge on any atom is -0.0795 e. The van der Waals surface area contributed by atoms with E-state index in [1.165, 1.54) is 16.7 Å². The van der Waals surface area contributed by atoms with Gasteiger partial charge in [0.25, 0.3) is 0 Å². The number of hydrogen-bond acceptors (Lipinski definition) is 0. The summed E-state index contributed by atoms with van der Waals surface area (Å²) in [5.74, 6) is 0. The Bertz CT molecular complexity index is 322. The van der Waals surface area contributed by atoms with Crippen LogP contribution in [0.3, 0.4) is 0 Å². The van der Waals surface area contributed by atoms with Crippen molar-refractivity contribution in [3.63, 3.8) is 0 Å². The molecule has 47 valence electrons. The molecular weight excluding hydrogens is 120 g/mol. The van der Waals surface area contributed by atoms with Gasteiger partial charge in [0.1, 0.15) is 0 Å². The van der Waals surface area contributed by atoms with Crippen molar-refractivity contribution < 1.29 is 0 Å². The van der Waals surface area contributed by atoms with Crippen molar-refractivity contribution in [3.8, 4) is 0 Å². The average Bonchev–Trinajstić information content (AvgIpc) is 2.60. The standard InChI is InChI=1S/C10H7/c1-2-9-7-4-5-8(6-7)10(9)3-1/h1-2,5H,3,6H2. The number of rotatable bonds is 0. The first-order chi connectivity index (χ1) is 4.95. The van der Waals surface area contributed by atoms with Gasteiger partial charge in [-0.3, -0.25) is 0 Å². The van der Waals surface area contributed by atoms with Gasteiger partial charge < -0.3 is 0 Å². The van der Waals surface area contributed by atoms with E-state index >= 15 is 0 Å². The Hall–Kier alpha value is -1.04. The lowest BCUT2D eigenvalue weighted by Crippen LogP contribution is -1.79. The molecule has 0 atom stereocenters. The highest BCUT2D eigenvalue weighted by Gasteiger charge is 2.27. The molecule has 0 aromatic carbocycles. The molecule has 0 aromatic rings. The molecular formula is C10H7. The third kappa shape index (κ3) is 0.367. The summed E-state index contributed by atoms with van der Waals surface area (Å²) < 4.78 is 0. The van der Waals surface area contributed by atoms with Gasteiger partial charge in [0, 0.05) is 0 Å². The Morgan fingerprint density at radius 2 is 2.40 bits per heavy atom. The fourth-order valence-corrected chi connectivity index (χ4v) is 1.93. The summed E-state index contributed by atoms with van der Waals surface area (Å²) in [6.07, 6.45) is 12.2. The molecule has 0 spiro atoms. The summed E-state index contributed by atoms with van der Waals surface area (Å²) in [6.45, 7) is 0. The van der Waals surface area contributed by atoms with Gasteiger partial charge in [0.2, 0.25) is 0 Å². The minimum absolute atomic E-state index is 1.16. The SMILES string of the molecule is [C]1=C2CC(=C1)C1=C2C=CC1. The minimum atomic E-state index is 1.16. The van der Waals surface area contributed by atoms with E-state index in [9.17, 15) is 0 Å². The van der Waals surface area contributed by atoms with Crippen LogP contribution in [0.1, 0.15) is 12.8 Å². The van der Waals surface area contributed by atoms with E-state index < -0.39 is 0 Å². The van der Waals surface area contributed by atoms with Crippen LogP contribution in [0.25, 0.3) is 0 Å². The van der Waals surface area contributed by atoms with Crippen molar-refractivity contribution >= 4 is 0 Å². The van der Waals surface area contributed by atoms with Crippen LogP contribution < -0.4 is 0 Å². The second-order valence-electron chi connectivity index (χ2n) is 2.97. The highest BCUT2D eigenvalue weighted by Crippen LogP contribution is 2.44. The molecule has 1 radical (unpaired) electrons. The third-order valence-corrected chi connectivity index (χ3v) is 2.43. The van der Waals surface area contributed by atoms with Gasteiger partial charge in [-0.25, -0.2) is 0 Å². The first-order valence-electron chi connectivity index (χ1n) is 3.67. The number of fused-ring (bicyclic) bond motifs is 4. The predicted molar refractivity (Wildman–Crippen MR) is 40.2 cm³/mol. The highest BCUT2D eigenvalue weighted by molar-refractivity contribution is 5.66. The Kier molecular flexibility index (Phi) is 0.634. The summed E-state index contributed by atoms with van der Waals surface area (Å²) in [5, 5.41) is 0. The van der Waals surface area contributed by atoms with Gasteiger partial charge in [-0.05, 0) is 41.2 Å². The Morgan fingerprint density at radius 1 is 1.40 bits per heavy atom. The first kappa shape index (κ1) is 4.73. The molecule has 3 aliphatic rings. The molecule has 0 saturated heterocycles. The summed E-state index contributed by atoms with van der Waals surface area (Å²) in [4.78, 5) is 0. The van der Waals surface area contributed by atoms with Crippen LogP contribution in [-0.4, -0.2) is 0 Å². The van der Waals surface area contributed by atoms with Crippen LogP contribution in [-0.2, 0) is 0 Å². The van der Waals surface area contributed by atoms with Crippen molar-refractivity contribution in [1.82, 2.24) is 0 Å². The monoisotopic (exact) mass is 127 g/mol. The second-order valence-corrected chi connectivity index (χ2v) is 2.97. The summed E-state index contributed by atoms with van der Waals surface area (Å²) >= 11 is 0.